The lowest BCUT2D eigenvalue weighted by atomic mass is 10.1. The number of pyridine rings is 1. The van der Waals surface area contributed by atoms with Gasteiger partial charge >= 0.3 is 0 Å². The second kappa shape index (κ2) is 10.7. The lowest BCUT2D eigenvalue weighted by molar-refractivity contribution is 0.320. The Bertz CT molecular complexity index is 951. The van der Waals surface area contributed by atoms with E-state index in [1.165, 1.54) is 11.1 Å². The fraction of sp³-hybridized carbons (Fsp3) is 0.458. The Balaban J connectivity index is 2.37. The number of anilines is 1. The summed E-state index contributed by atoms with van der Waals surface area (Å²) < 4.78 is 13.3. The van der Waals surface area contributed by atoms with Crippen molar-refractivity contribution in [2.75, 3.05) is 19.5 Å². The molecule has 0 saturated heterocycles. The summed E-state index contributed by atoms with van der Waals surface area (Å²) in [6.07, 6.45) is 8.13. The molecule has 0 unspecified atom stereocenters. The Morgan fingerprint density at radius 1 is 1.17 bits per heavy atom. The van der Waals surface area contributed by atoms with Crippen molar-refractivity contribution in [3.63, 3.8) is 0 Å². The third kappa shape index (κ3) is 5.89. The summed E-state index contributed by atoms with van der Waals surface area (Å²) in [5.74, 6) is 0.725. The highest BCUT2D eigenvalue weighted by molar-refractivity contribution is 5.90. The number of aromatic nitrogens is 1. The minimum absolute atomic E-state index is 0.177. The zero-order valence-electron chi connectivity index (χ0n) is 18.4. The van der Waals surface area contributed by atoms with E-state index < -0.39 is 0 Å². The van der Waals surface area contributed by atoms with Crippen LogP contribution in [0.4, 0.5) is 5.69 Å². The fourth-order valence-electron chi connectivity index (χ4n) is 3.24. The number of hydrogen-bond acceptors (Lipinski definition) is 4. The van der Waals surface area contributed by atoms with Crippen molar-refractivity contribution in [3.05, 3.63) is 51.9 Å². The molecule has 0 saturated carbocycles. The van der Waals surface area contributed by atoms with Crippen LogP contribution < -0.4 is 20.8 Å². The van der Waals surface area contributed by atoms with Gasteiger partial charge < -0.3 is 19.8 Å². The molecule has 0 fully saturated rings. The molecule has 2 N–H and O–H groups in total. The van der Waals surface area contributed by atoms with Gasteiger partial charge in [-0.1, -0.05) is 30.6 Å². The van der Waals surface area contributed by atoms with Gasteiger partial charge in [-0.2, -0.15) is 0 Å². The third-order valence-electron chi connectivity index (χ3n) is 4.89. The number of methoxy groups -OCH3 is 1. The van der Waals surface area contributed by atoms with E-state index in [2.05, 4.69) is 33.8 Å². The highest BCUT2D eigenvalue weighted by Gasteiger charge is 2.19. The number of fused-ring (bicyclic) bond motifs is 1. The Morgan fingerprint density at radius 2 is 1.93 bits per heavy atom. The summed E-state index contributed by atoms with van der Waals surface area (Å²) in [6.45, 7) is 9.35. The number of nitrogens with zero attached hydrogens (tertiary/aromatic N) is 1. The number of ether oxygens (including phenoxy) is 2. The number of allylic oxidation sites excluding steroid dienone is 3. The molecule has 0 aliphatic heterocycles. The van der Waals surface area contributed by atoms with Crippen LogP contribution in [0.15, 0.2) is 46.3 Å². The van der Waals surface area contributed by atoms with E-state index in [0.29, 0.717) is 24.6 Å². The summed E-state index contributed by atoms with van der Waals surface area (Å²) in [5, 5.41) is 0.830. The first-order valence-corrected chi connectivity index (χ1v) is 10.3. The molecule has 29 heavy (non-hydrogen) atoms. The van der Waals surface area contributed by atoms with Gasteiger partial charge in [0.25, 0.3) is 5.56 Å². The second-order valence-electron chi connectivity index (χ2n) is 7.63. The van der Waals surface area contributed by atoms with Crippen LogP contribution >= 0.6 is 0 Å². The molecule has 0 aliphatic rings. The number of aryl methyl sites for hydroxylation is 1. The Morgan fingerprint density at radius 3 is 2.59 bits per heavy atom. The SMILES string of the molecule is CCCCn1c(=O)c(OCC=C(C)CCC=C(C)C)c(OC)c2ccc(N)cc21. The van der Waals surface area contributed by atoms with E-state index in [4.69, 9.17) is 15.2 Å². The first-order valence-electron chi connectivity index (χ1n) is 10.3. The highest BCUT2D eigenvalue weighted by atomic mass is 16.5. The normalized spacial score (nSPS) is 11.6. The minimum atomic E-state index is -0.177. The second-order valence-corrected chi connectivity index (χ2v) is 7.63. The predicted octanol–water partition coefficient (Wildman–Crippen LogP) is 5.46. The smallest absolute Gasteiger partial charge is 0.297 e. The van der Waals surface area contributed by atoms with E-state index >= 15 is 0 Å². The highest BCUT2D eigenvalue weighted by Crippen LogP contribution is 2.33. The lowest BCUT2D eigenvalue weighted by Gasteiger charge is -2.17. The third-order valence-corrected chi connectivity index (χ3v) is 4.89. The number of benzene rings is 1. The summed E-state index contributed by atoms with van der Waals surface area (Å²) >= 11 is 0. The molecule has 158 valence electrons. The molecule has 0 radical (unpaired) electrons. The van der Waals surface area contributed by atoms with Gasteiger partial charge in [0.15, 0.2) is 5.75 Å². The number of nitrogen functional groups attached to an aromatic ring is 1. The molecular formula is C24H34N2O3. The number of rotatable bonds is 10. The van der Waals surface area contributed by atoms with Gasteiger partial charge in [-0.05, 0) is 64.3 Å². The molecule has 0 spiro atoms. The zero-order chi connectivity index (χ0) is 21.4. The van der Waals surface area contributed by atoms with Crippen LogP contribution in [0.5, 0.6) is 11.5 Å². The molecule has 0 bridgehead atoms. The molecule has 1 heterocycles. The maximum absolute atomic E-state index is 13.2. The molecule has 1 aromatic carbocycles. The molecule has 5 heteroatoms. The van der Waals surface area contributed by atoms with Crippen LogP contribution in [0.2, 0.25) is 0 Å². The average Bonchev–Trinajstić information content (AvgIpc) is 2.67. The van der Waals surface area contributed by atoms with E-state index in [0.717, 1.165) is 36.6 Å². The van der Waals surface area contributed by atoms with Crippen LogP contribution in [0, 0.1) is 0 Å². The molecule has 2 aromatic rings. The van der Waals surface area contributed by atoms with Crippen LogP contribution in [0.25, 0.3) is 10.9 Å². The molecular weight excluding hydrogens is 364 g/mol. The van der Waals surface area contributed by atoms with Crippen molar-refractivity contribution in [1.82, 2.24) is 4.57 Å². The van der Waals surface area contributed by atoms with Crippen molar-refractivity contribution in [2.24, 2.45) is 0 Å². The van der Waals surface area contributed by atoms with Gasteiger partial charge in [0.2, 0.25) is 5.75 Å². The minimum Gasteiger partial charge on any atom is -0.492 e. The zero-order valence-corrected chi connectivity index (χ0v) is 18.4. The monoisotopic (exact) mass is 398 g/mol. The van der Waals surface area contributed by atoms with Gasteiger partial charge in [0, 0.05) is 17.6 Å². The summed E-state index contributed by atoms with van der Waals surface area (Å²) in [6, 6.07) is 5.53. The van der Waals surface area contributed by atoms with Crippen molar-refractivity contribution in [3.8, 4) is 11.5 Å². The first-order chi connectivity index (χ1) is 13.9. The van der Waals surface area contributed by atoms with Crippen molar-refractivity contribution < 1.29 is 9.47 Å². The summed E-state index contributed by atoms with van der Waals surface area (Å²) in [7, 11) is 1.56. The molecule has 0 amide bonds. The van der Waals surface area contributed by atoms with E-state index in [1.54, 1.807) is 11.7 Å². The molecule has 0 aliphatic carbocycles. The molecule has 2 rings (SSSR count). The van der Waals surface area contributed by atoms with E-state index in [1.807, 2.05) is 24.3 Å². The van der Waals surface area contributed by atoms with Crippen LogP contribution in [0.3, 0.4) is 0 Å². The number of nitrogens with two attached hydrogens (primary N) is 1. The van der Waals surface area contributed by atoms with Gasteiger partial charge in [0.05, 0.1) is 12.6 Å². The maximum Gasteiger partial charge on any atom is 0.297 e. The Kier molecular flexibility index (Phi) is 8.37. The van der Waals surface area contributed by atoms with Gasteiger partial charge in [-0.3, -0.25) is 4.79 Å². The Labute approximate surface area is 173 Å². The van der Waals surface area contributed by atoms with Crippen molar-refractivity contribution in [2.45, 2.75) is 59.9 Å². The molecule has 0 atom stereocenters. The van der Waals surface area contributed by atoms with E-state index in [9.17, 15) is 4.79 Å². The van der Waals surface area contributed by atoms with Crippen molar-refractivity contribution in [1.29, 1.82) is 0 Å². The molecule has 1 aromatic heterocycles. The fourth-order valence-corrected chi connectivity index (χ4v) is 3.24. The standard InChI is InChI=1S/C24H34N2O3/c1-6-7-14-26-21-16-19(25)11-12-20(21)22(28-5)23(24(26)27)29-15-13-18(4)10-8-9-17(2)3/h9,11-13,16H,6-8,10,14-15,25H2,1-5H3. The van der Waals surface area contributed by atoms with Crippen LogP contribution in [-0.4, -0.2) is 18.3 Å². The topological polar surface area (TPSA) is 66.5 Å². The number of unbranched alkanes of at least 4 members (excludes halogenated alkanes) is 1. The first kappa shape index (κ1) is 22.6. The van der Waals surface area contributed by atoms with Gasteiger partial charge in [0.1, 0.15) is 6.61 Å². The maximum atomic E-state index is 13.2. The molecule has 5 nitrogen and oxygen atoms in total. The van der Waals surface area contributed by atoms with Crippen LogP contribution in [-0.2, 0) is 6.54 Å². The largest absolute Gasteiger partial charge is 0.492 e. The van der Waals surface area contributed by atoms with E-state index in [-0.39, 0.29) is 11.3 Å². The van der Waals surface area contributed by atoms with Crippen molar-refractivity contribution >= 4 is 16.6 Å². The summed E-state index contributed by atoms with van der Waals surface area (Å²) in [5.41, 5.74) is 9.75. The van der Waals surface area contributed by atoms with Crippen LogP contribution in [0.1, 0.15) is 53.4 Å². The lowest BCUT2D eigenvalue weighted by Crippen LogP contribution is -2.24. The predicted molar refractivity (Wildman–Crippen MR) is 122 cm³/mol. The quantitative estimate of drug-likeness (QED) is 0.426. The van der Waals surface area contributed by atoms with Gasteiger partial charge in [-0.15, -0.1) is 0 Å². The average molecular weight is 399 g/mol. The Hall–Kier alpha value is -2.69. The van der Waals surface area contributed by atoms with Gasteiger partial charge in [-0.25, -0.2) is 0 Å². The number of hydrogen-bond donors (Lipinski definition) is 1. The summed E-state index contributed by atoms with van der Waals surface area (Å²) in [4.78, 5) is 13.2.